The Morgan fingerprint density at radius 3 is 2.91 bits per heavy atom. The highest BCUT2D eigenvalue weighted by molar-refractivity contribution is 9.11. The van der Waals surface area contributed by atoms with Crippen molar-refractivity contribution in [3.8, 4) is 5.75 Å². The molecular weight excluding hydrogens is 226 g/mol. The summed E-state index contributed by atoms with van der Waals surface area (Å²) in [5.74, 6) is 0.980. The third-order valence-electron chi connectivity index (χ3n) is 1.59. The summed E-state index contributed by atoms with van der Waals surface area (Å²) in [6, 6.07) is 2.00. The van der Waals surface area contributed by atoms with Crippen molar-refractivity contribution >= 4 is 27.3 Å². The van der Waals surface area contributed by atoms with Gasteiger partial charge in [0.1, 0.15) is 11.9 Å². The van der Waals surface area contributed by atoms with E-state index in [-0.39, 0.29) is 0 Å². The van der Waals surface area contributed by atoms with E-state index in [2.05, 4.69) is 21.2 Å². The van der Waals surface area contributed by atoms with Crippen molar-refractivity contribution < 1.29 is 4.74 Å². The maximum atomic E-state index is 5.59. The fourth-order valence-electron chi connectivity index (χ4n) is 0.894. The molecule has 0 unspecified atom stereocenters. The topological polar surface area (TPSA) is 21.3 Å². The molecule has 2 nitrogen and oxygen atoms in total. The second-order valence-corrected chi connectivity index (χ2v) is 4.78. The summed E-state index contributed by atoms with van der Waals surface area (Å²) in [4.78, 5) is 0. The minimum absolute atomic E-state index is 0.386. The summed E-state index contributed by atoms with van der Waals surface area (Å²) in [5, 5.41) is 5.17. The van der Waals surface area contributed by atoms with E-state index in [1.165, 1.54) is 0 Å². The van der Waals surface area contributed by atoms with Crippen molar-refractivity contribution in [1.82, 2.24) is 5.32 Å². The smallest absolute Gasteiger partial charge is 0.131 e. The lowest BCUT2D eigenvalue weighted by atomic mass is 10.2. The van der Waals surface area contributed by atoms with Crippen LogP contribution in [0.3, 0.4) is 0 Å². The fraction of sp³-hybridized carbons (Fsp3) is 0.429. The molecule has 1 aromatic rings. The van der Waals surface area contributed by atoms with Crippen LogP contribution in [0.5, 0.6) is 5.75 Å². The number of ether oxygens (including phenoxy) is 1. The van der Waals surface area contributed by atoms with Crippen molar-refractivity contribution in [2.75, 3.05) is 13.1 Å². The SMILES string of the molecule is Brc1cc(OC2CNC2)cs1. The zero-order chi connectivity index (χ0) is 7.68. The van der Waals surface area contributed by atoms with Gasteiger partial charge in [-0.2, -0.15) is 0 Å². The molecule has 1 aliphatic heterocycles. The molecule has 0 atom stereocenters. The summed E-state index contributed by atoms with van der Waals surface area (Å²) in [6.45, 7) is 1.96. The third-order valence-corrected chi connectivity index (χ3v) is 3.07. The normalized spacial score (nSPS) is 17.9. The van der Waals surface area contributed by atoms with Gasteiger partial charge in [-0.25, -0.2) is 0 Å². The zero-order valence-electron chi connectivity index (χ0n) is 5.84. The van der Waals surface area contributed by atoms with Gasteiger partial charge in [-0.1, -0.05) is 0 Å². The van der Waals surface area contributed by atoms with Gasteiger partial charge in [-0.05, 0) is 15.9 Å². The summed E-state index contributed by atoms with van der Waals surface area (Å²) < 4.78 is 6.71. The predicted octanol–water partition coefficient (Wildman–Crippen LogP) is 1.86. The van der Waals surface area contributed by atoms with Crippen molar-refractivity contribution in [3.05, 3.63) is 15.2 Å². The van der Waals surface area contributed by atoms with Gasteiger partial charge in [-0.15, -0.1) is 11.3 Å². The Kier molecular flexibility index (Phi) is 2.16. The van der Waals surface area contributed by atoms with Crippen molar-refractivity contribution in [1.29, 1.82) is 0 Å². The van der Waals surface area contributed by atoms with Crippen LogP contribution in [0.1, 0.15) is 0 Å². The molecular formula is C7H8BrNOS. The van der Waals surface area contributed by atoms with Crippen molar-refractivity contribution in [2.45, 2.75) is 6.10 Å². The van der Waals surface area contributed by atoms with E-state index in [4.69, 9.17) is 4.74 Å². The Morgan fingerprint density at radius 2 is 2.45 bits per heavy atom. The molecule has 60 valence electrons. The number of halogens is 1. The second kappa shape index (κ2) is 3.13. The number of nitrogens with one attached hydrogen (secondary N) is 1. The highest BCUT2D eigenvalue weighted by Gasteiger charge is 2.18. The van der Waals surface area contributed by atoms with Crippen LogP contribution in [-0.2, 0) is 0 Å². The highest BCUT2D eigenvalue weighted by atomic mass is 79.9. The van der Waals surface area contributed by atoms with E-state index < -0.39 is 0 Å². The Bertz CT molecular complexity index is 246. The first kappa shape index (κ1) is 7.58. The van der Waals surface area contributed by atoms with Gasteiger partial charge in [0.2, 0.25) is 0 Å². The largest absolute Gasteiger partial charge is 0.487 e. The van der Waals surface area contributed by atoms with Gasteiger partial charge in [0.25, 0.3) is 0 Å². The van der Waals surface area contributed by atoms with Gasteiger partial charge in [-0.3, -0.25) is 0 Å². The lowest BCUT2D eigenvalue weighted by Crippen LogP contribution is -2.50. The van der Waals surface area contributed by atoms with E-state index in [0.29, 0.717) is 6.10 Å². The van der Waals surface area contributed by atoms with E-state index in [1.54, 1.807) is 11.3 Å². The van der Waals surface area contributed by atoms with Crippen LogP contribution >= 0.6 is 27.3 Å². The van der Waals surface area contributed by atoms with Gasteiger partial charge < -0.3 is 10.1 Å². The van der Waals surface area contributed by atoms with Crippen molar-refractivity contribution in [2.24, 2.45) is 0 Å². The molecule has 2 rings (SSSR count). The fourth-order valence-corrected chi connectivity index (χ4v) is 1.94. The van der Waals surface area contributed by atoms with Crippen LogP contribution in [-0.4, -0.2) is 19.2 Å². The zero-order valence-corrected chi connectivity index (χ0v) is 8.24. The summed E-state index contributed by atoms with van der Waals surface area (Å²) in [5.41, 5.74) is 0. The molecule has 1 aromatic heterocycles. The number of hydrogen-bond acceptors (Lipinski definition) is 3. The Hall–Kier alpha value is -0.0600. The summed E-state index contributed by atoms with van der Waals surface area (Å²) in [7, 11) is 0. The lowest BCUT2D eigenvalue weighted by Gasteiger charge is -2.27. The average molecular weight is 234 g/mol. The molecule has 11 heavy (non-hydrogen) atoms. The number of rotatable bonds is 2. The van der Waals surface area contributed by atoms with Crippen LogP contribution in [0.2, 0.25) is 0 Å². The molecule has 1 aliphatic rings. The Labute approximate surface area is 77.7 Å². The molecule has 1 N–H and O–H groups in total. The summed E-state index contributed by atoms with van der Waals surface area (Å²) in [6.07, 6.45) is 0.386. The number of thiophene rings is 1. The first-order valence-corrected chi connectivity index (χ1v) is 5.13. The molecule has 0 spiro atoms. The van der Waals surface area contributed by atoms with E-state index in [1.807, 2.05) is 11.4 Å². The van der Waals surface area contributed by atoms with Crippen LogP contribution in [0, 0.1) is 0 Å². The minimum Gasteiger partial charge on any atom is -0.487 e. The lowest BCUT2D eigenvalue weighted by molar-refractivity contribution is 0.143. The Balaban J connectivity index is 1.95. The molecule has 0 radical (unpaired) electrons. The highest BCUT2D eigenvalue weighted by Crippen LogP contribution is 2.27. The summed E-state index contributed by atoms with van der Waals surface area (Å²) >= 11 is 5.04. The molecule has 0 aromatic carbocycles. The number of hydrogen-bond donors (Lipinski definition) is 1. The molecule has 0 aliphatic carbocycles. The quantitative estimate of drug-likeness (QED) is 0.843. The second-order valence-electron chi connectivity index (χ2n) is 2.48. The maximum absolute atomic E-state index is 5.59. The molecule has 1 saturated heterocycles. The molecule has 0 saturated carbocycles. The van der Waals surface area contributed by atoms with Crippen LogP contribution in [0.15, 0.2) is 15.2 Å². The van der Waals surface area contributed by atoms with Gasteiger partial charge in [0.05, 0.1) is 3.79 Å². The van der Waals surface area contributed by atoms with Crippen LogP contribution < -0.4 is 10.1 Å². The molecule has 1 fully saturated rings. The van der Waals surface area contributed by atoms with Crippen LogP contribution in [0.4, 0.5) is 0 Å². The first-order chi connectivity index (χ1) is 5.34. The van der Waals surface area contributed by atoms with Gasteiger partial charge in [0.15, 0.2) is 0 Å². The standard InChI is InChI=1S/C7H8BrNOS/c8-7-1-5(4-11-7)10-6-2-9-3-6/h1,4,6,9H,2-3H2. The predicted molar refractivity (Wildman–Crippen MR) is 49.3 cm³/mol. The molecule has 4 heteroatoms. The minimum atomic E-state index is 0.386. The van der Waals surface area contributed by atoms with E-state index in [0.717, 1.165) is 22.6 Å². The third kappa shape index (κ3) is 1.75. The van der Waals surface area contributed by atoms with Crippen molar-refractivity contribution in [3.63, 3.8) is 0 Å². The first-order valence-electron chi connectivity index (χ1n) is 3.46. The Morgan fingerprint density at radius 1 is 1.64 bits per heavy atom. The van der Waals surface area contributed by atoms with E-state index in [9.17, 15) is 0 Å². The molecule has 0 bridgehead atoms. The maximum Gasteiger partial charge on any atom is 0.131 e. The van der Waals surface area contributed by atoms with Gasteiger partial charge >= 0.3 is 0 Å². The average Bonchev–Trinajstić information content (AvgIpc) is 2.27. The monoisotopic (exact) mass is 233 g/mol. The molecule has 2 heterocycles. The van der Waals surface area contributed by atoms with Crippen LogP contribution in [0.25, 0.3) is 0 Å². The molecule has 0 amide bonds. The van der Waals surface area contributed by atoms with E-state index >= 15 is 0 Å². The van der Waals surface area contributed by atoms with Gasteiger partial charge in [0, 0.05) is 24.5 Å².